The van der Waals surface area contributed by atoms with Gasteiger partial charge in [-0.3, -0.25) is 4.79 Å². The van der Waals surface area contributed by atoms with E-state index in [4.69, 9.17) is 4.74 Å². The van der Waals surface area contributed by atoms with Crippen LogP contribution in [-0.4, -0.2) is 29.5 Å². The van der Waals surface area contributed by atoms with Gasteiger partial charge in [-0.15, -0.1) is 0 Å². The topological polar surface area (TPSA) is 26.3 Å². The van der Waals surface area contributed by atoms with Gasteiger partial charge in [-0.25, -0.2) is 8.78 Å². The van der Waals surface area contributed by atoms with Crippen molar-refractivity contribution in [3.8, 4) is 0 Å². The van der Waals surface area contributed by atoms with Crippen molar-refractivity contribution in [2.45, 2.75) is 71.0 Å². The van der Waals surface area contributed by atoms with E-state index in [1.807, 2.05) is 27.7 Å². The highest BCUT2D eigenvalue weighted by atomic mass is 32.2. The first kappa shape index (κ1) is 19.7. The smallest absolute Gasteiger partial charge is 0.305 e. The number of rotatable bonds is 11. The lowest BCUT2D eigenvalue weighted by molar-refractivity contribution is -0.144. The van der Waals surface area contributed by atoms with E-state index in [9.17, 15) is 13.6 Å². The lowest BCUT2D eigenvalue weighted by atomic mass is 10.0. The third kappa shape index (κ3) is 11.5. The maximum absolute atomic E-state index is 12.1. The Balaban J connectivity index is 3.78. The highest BCUT2D eigenvalue weighted by molar-refractivity contribution is 8.00. The number of carbonyl (C=O) groups is 1. The average Bonchev–Trinajstić information content (AvgIpc) is 2.34. The van der Waals surface area contributed by atoms with E-state index >= 15 is 0 Å². The molecule has 0 aliphatic carbocycles. The Labute approximate surface area is 126 Å². The van der Waals surface area contributed by atoms with Crippen LogP contribution in [0.25, 0.3) is 0 Å². The first-order valence-corrected chi connectivity index (χ1v) is 8.33. The molecule has 0 saturated carbocycles. The predicted octanol–water partition coefficient (Wildman–Crippen LogP) is 4.91. The Hall–Kier alpha value is -0.320. The molecule has 5 heteroatoms. The second-order valence-electron chi connectivity index (χ2n) is 5.88. The monoisotopic (exact) mass is 310 g/mol. The number of esters is 1. The fourth-order valence-electron chi connectivity index (χ4n) is 1.66. The minimum Gasteiger partial charge on any atom is -0.464 e. The summed E-state index contributed by atoms with van der Waals surface area (Å²) >= 11 is 1.74. The molecule has 0 saturated heterocycles. The third-order valence-corrected chi connectivity index (χ3v) is 4.36. The van der Waals surface area contributed by atoms with Crippen LogP contribution in [0.4, 0.5) is 8.78 Å². The van der Waals surface area contributed by atoms with Crippen molar-refractivity contribution in [3.63, 3.8) is 0 Å². The summed E-state index contributed by atoms with van der Waals surface area (Å²) in [6.07, 6.45) is 0.552. The summed E-state index contributed by atoms with van der Waals surface area (Å²) in [7, 11) is 0. The van der Waals surface area contributed by atoms with Crippen LogP contribution in [0, 0.1) is 5.92 Å². The lowest BCUT2D eigenvalue weighted by Gasteiger charge is -2.24. The van der Waals surface area contributed by atoms with Crippen molar-refractivity contribution >= 4 is 17.7 Å². The van der Waals surface area contributed by atoms with Crippen molar-refractivity contribution in [2.75, 3.05) is 12.4 Å². The first-order valence-electron chi connectivity index (χ1n) is 7.34. The van der Waals surface area contributed by atoms with Gasteiger partial charge in [-0.1, -0.05) is 13.8 Å². The predicted molar refractivity (Wildman–Crippen MR) is 81.4 cm³/mol. The second kappa shape index (κ2) is 10.4. The molecule has 0 radical (unpaired) electrons. The zero-order valence-electron chi connectivity index (χ0n) is 13.1. The van der Waals surface area contributed by atoms with Crippen LogP contribution in [0.1, 0.15) is 59.8 Å². The van der Waals surface area contributed by atoms with Gasteiger partial charge in [0.25, 0.3) is 0 Å². The fourth-order valence-corrected chi connectivity index (χ4v) is 2.88. The van der Waals surface area contributed by atoms with Crippen LogP contribution in [0.5, 0.6) is 0 Å². The molecule has 0 heterocycles. The van der Waals surface area contributed by atoms with Gasteiger partial charge < -0.3 is 4.74 Å². The number of ether oxygens (including phenoxy) is 1. The number of hydrogen-bond acceptors (Lipinski definition) is 3. The quantitative estimate of drug-likeness (QED) is 0.507. The molecule has 0 aliphatic rings. The molecule has 2 nitrogen and oxygen atoms in total. The molecular formula is C15H28F2O2S. The van der Waals surface area contributed by atoms with E-state index in [2.05, 4.69) is 0 Å². The molecule has 120 valence electrons. The Morgan fingerprint density at radius 2 is 1.90 bits per heavy atom. The number of carbonyl (C=O) groups excluding carboxylic acids is 1. The maximum Gasteiger partial charge on any atom is 0.305 e. The molecule has 0 amide bonds. The number of thioether (sulfide) groups is 1. The number of halogens is 2. The molecule has 0 fully saturated rings. The van der Waals surface area contributed by atoms with Gasteiger partial charge in [0.05, 0.1) is 0 Å². The standard InChI is InChI=1S/C15H28F2O2S/c1-5-6-14(18)19-11-15(3,4)20-10-9-12(2)7-8-13(16)17/h12-13H,5-11H2,1-4H3. The molecule has 1 unspecified atom stereocenters. The van der Waals surface area contributed by atoms with Crippen LogP contribution in [0.15, 0.2) is 0 Å². The lowest BCUT2D eigenvalue weighted by Crippen LogP contribution is -2.25. The van der Waals surface area contributed by atoms with Crippen LogP contribution < -0.4 is 0 Å². The first-order chi connectivity index (χ1) is 9.26. The van der Waals surface area contributed by atoms with E-state index in [-0.39, 0.29) is 17.1 Å². The van der Waals surface area contributed by atoms with Gasteiger partial charge in [0.2, 0.25) is 6.43 Å². The number of hydrogen-bond donors (Lipinski definition) is 0. The van der Waals surface area contributed by atoms with Crippen molar-refractivity contribution in [3.05, 3.63) is 0 Å². The third-order valence-electron chi connectivity index (χ3n) is 3.02. The molecule has 0 aromatic rings. The van der Waals surface area contributed by atoms with Crippen molar-refractivity contribution in [2.24, 2.45) is 5.92 Å². The van der Waals surface area contributed by atoms with Crippen LogP contribution in [0.3, 0.4) is 0 Å². The molecule has 1 atom stereocenters. The van der Waals surface area contributed by atoms with Crippen molar-refractivity contribution in [1.29, 1.82) is 0 Å². The van der Waals surface area contributed by atoms with E-state index in [0.717, 1.165) is 18.6 Å². The van der Waals surface area contributed by atoms with Gasteiger partial charge >= 0.3 is 5.97 Å². The highest BCUT2D eigenvalue weighted by Crippen LogP contribution is 2.27. The van der Waals surface area contributed by atoms with Gasteiger partial charge in [-0.05, 0) is 44.8 Å². The number of alkyl halides is 2. The van der Waals surface area contributed by atoms with E-state index in [1.165, 1.54) is 0 Å². The SMILES string of the molecule is CCCC(=O)OCC(C)(C)SCCC(C)CCC(F)F. The Morgan fingerprint density at radius 3 is 2.45 bits per heavy atom. The van der Waals surface area contributed by atoms with Crippen LogP contribution >= 0.6 is 11.8 Å². The Kier molecular flexibility index (Phi) is 10.2. The van der Waals surface area contributed by atoms with Crippen LogP contribution in [-0.2, 0) is 9.53 Å². The van der Waals surface area contributed by atoms with Gasteiger partial charge in [0.1, 0.15) is 6.61 Å². The summed E-state index contributed by atoms with van der Waals surface area (Å²) in [5.74, 6) is 1.07. The van der Waals surface area contributed by atoms with E-state index in [1.54, 1.807) is 11.8 Å². The van der Waals surface area contributed by atoms with Gasteiger partial charge in [-0.2, -0.15) is 11.8 Å². The maximum atomic E-state index is 12.1. The summed E-state index contributed by atoms with van der Waals surface area (Å²) in [5, 5.41) is 0. The summed E-state index contributed by atoms with van der Waals surface area (Å²) in [6, 6.07) is 0. The highest BCUT2D eigenvalue weighted by Gasteiger charge is 2.21. The molecule has 0 N–H and O–H groups in total. The fraction of sp³-hybridized carbons (Fsp3) is 0.933. The van der Waals surface area contributed by atoms with Crippen LogP contribution in [0.2, 0.25) is 0 Å². The van der Waals surface area contributed by atoms with E-state index in [0.29, 0.717) is 25.4 Å². The van der Waals surface area contributed by atoms with Gasteiger partial charge in [0, 0.05) is 17.6 Å². The molecule has 0 spiro atoms. The largest absolute Gasteiger partial charge is 0.464 e. The summed E-state index contributed by atoms with van der Waals surface area (Å²) in [6.45, 7) is 8.45. The Bertz CT molecular complexity index is 271. The minimum absolute atomic E-state index is 0.0101. The van der Waals surface area contributed by atoms with Gasteiger partial charge in [0.15, 0.2) is 0 Å². The normalized spacial score (nSPS) is 13.6. The summed E-state index contributed by atoms with van der Waals surface area (Å²) < 4.78 is 29.3. The Morgan fingerprint density at radius 1 is 1.25 bits per heavy atom. The van der Waals surface area contributed by atoms with E-state index < -0.39 is 6.43 Å². The zero-order valence-corrected chi connectivity index (χ0v) is 13.9. The summed E-state index contributed by atoms with van der Waals surface area (Å²) in [5.41, 5.74) is 0. The molecule has 20 heavy (non-hydrogen) atoms. The summed E-state index contributed by atoms with van der Waals surface area (Å²) in [4.78, 5) is 11.3. The minimum atomic E-state index is -2.19. The zero-order chi connectivity index (χ0) is 15.6. The average molecular weight is 310 g/mol. The molecular weight excluding hydrogens is 282 g/mol. The molecule has 0 aliphatic heterocycles. The second-order valence-corrected chi connectivity index (χ2v) is 7.68. The molecule has 0 rings (SSSR count). The molecule has 0 aromatic carbocycles. The molecule has 0 aromatic heterocycles. The van der Waals surface area contributed by atoms with Crippen molar-refractivity contribution in [1.82, 2.24) is 0 Å². The molecule has 0 bridgehead atoms. The van der Waals surface area contributed by atoms with Crippen molar-refractivity contribution < 1.29 is 18.3 Å².